The van der Waals surface area contributed by atoms with E-state index in [1.807, 2.05) is 25.1 Å². The van der Waals surface area contributed by atoms with Crippen molar-refractivity contribution in [3.63, 3.8) is 0 Å². The van der Waals surface area contributed by atoms with Crippen LogP contribution in [0.15, 0.2) is 52.4 Å². The zero-order valence-corrected chi connectivity index (χ0v) is 15.9. The van der Waals surface area contributed by atoms with Crippen molar-refractivity contribution in [1.29, 1.82) is 0 Å². The lowest BCUT2D eigenvalue weighted by molar-refractivity contribution is -0.115. The first-order chi connectivity index (χ1) is 12.6. The molecule has 134 valence electrons. The van der Waals surface area contributed by atoms with Crippen LogP contribution in [-0.2, 0) is 4.79 Å². The van der Waals surface area contributed by atoms with Crippen LogP contribution >= 0.6 is 23.4 Å². The number of carbonyl (C=O) groups excluding carboxylic acids is 1. The van der Waals surface area contributed by atoms with Crippen molar-refractivity contribution in [3.8, 4) is 11.5 Å². The quantitative estimate of drug-likeness (QED) is 0.758. The van der Waals surface area contributed by atoms with Gasteiger partial charge in [0.05, 0.1) is 24.3 Å². The number of nitrogens with one attached hydrogen (secondary N) is 1. The Bertz CT molecular complexity index is 879. The molecule has 2 aromatic carbocycles. The van der Waals surface area contributed by atoms with Crippen LogP contribution in [-0.4, -0.2) is 24.8 Å². The van der Waals surface area contributed by atoms with Gasteiger partial charge in [-0.1, -0.05) is 17.7 Å². The number of rotatable bonds is 5. The third-order valence-electron chi connectivity index (χ3n) is 3.49. The monoisotopic (exact) mass is 388 g/mol. The molecule has 1 amide bonds. The lowest BCUT2D eigenvalue weighted by Crippen LogP contribution is -2.19. The maximum absolute atomic E-state index is 12.2. The van der Waals surface area contributed by atoms with Gasteiger partial charge in [0.2, 0.25) is 0 Å². The number of aliphatic imine (C=N–C) groups is 1. The van der Waals surface area contributed by atoms with Crippen molar-refractivity contribution in [2.75, 3.05) is 13.7 Å². The molecule has 0 aliphatic carbocycles. The highest BCUT2D eigenvalue weighted by Gasteiger charge is 2.24. The van der Waals surface area contributed by atoms with Gasteiger partial charge in [-0.15, -0.1) is 0 Å². The third-order valence-corrected chi connectivity index (χ3v) is 4.66. The molecular formula is C19H17ClN2O3S. The van der Waals surface area contributed by atoms with Gasteiger partial charge < -0.3 is 14.8 Å². The van der Waals surface area contributed by atoms with Gasteiger partial charge in [0.15, 0.2) is 16.7 Å². The molecule has 1 saturated heterocycles. The molecule has 1 aliphatic heterocycles. The summed E-state index contributed by atoms with van der Waals surface area (Å²) in [5, 5.41) is 3.93. The summed E-state index contributed by atoms with van der Waals surface area (Å²) in [6.45, 7) is 2.47. The van der Waals surface area contributed by atoms with Crippen LogP contribution in [0.3, 0.4) is 0 Å². The fourth-order valence-corrected chi connectivity index (χ4v) is 3.28. The molecule has 0 radical (unpaired) electrons. The molecule has 1 fully saturated rings. The van der Waals surface area contributed by atoms with Crippen molar-refractivity contribution in [2.45, 2.75) is 6.92 Å². The molecule has 0 atom stereocenters. The Kier molecular flexibility index (Phi) is 5.85. The number of amidine groups is 1. The molecule has 0 saturated carbocycles. The van der Waals surface area contributed by atoms with Gasteiger partial charge in [-0.25, -0.2) is 4.99 Å². The highest BCUT2D eigenvalue weighted by Crippen LogP contribution is 2.32. The molecule has 2 aromatic rings. The number of benzene rings is 2. The molecule has 1 aliphatic rings. The van der Waals surface area contributed by atoms with E-state index in [2.05, 4.69) is 10.3 Å². The number of carbonyl (C=O) groups is 1. The van der Waals surface area contributed by atoms with E-state index in [1.165, 1.54) is 11.8 Å². The van der Waals surface area contributed by atoms with Crippen LogP contribution in [0.2, 0.25) is 5.02 Å². The Morgan fingerprint density at radius 3 is 2.65 bits per heavy atom. The normalized spacial score (nSPS) is 16.8. The zero-order chi connectivity index (χ0) is 18.5. The topological polar surface area (TPSA) is 59.9 Å². The Morgan fingerprint density at radius 2 is 1.96 bits per heavy atom. The third kappa shape index (κ3) is 4.39. The van der Waals surface area contributed by atoms with Gasteiger partial charge in [-0.05, 0) is 66.7 Å². The van der Waals surface area contributed by atoms with E-state index < -0.39 is 0 Å². The van der Waals surface area contributed by atoms with E-state index in [9.17, 15) is 4.79 Å². The highest BCUT2D eigenvalue weighted by molar-refractivity contribution is 8.18. The first kappa shape index (κ1) is 18.4. The average Bonchev–Trinajstić information content (AvgIpc) is 2.97. The van der Waals surface area contributed by atoms with Gasteiger partial charge in [0.25, 0.3) is 5.91 Å². The van der Waals surface area contributed by atoms with Crippen LogP contribution in [0, 0.1) is 0 Å². The second-order valence-corrected chi connectivity index (χ2v) is 6.77. The number of methoxy groups -OCH3 is 1. The molecule has 0 aromatic heterocycles. The van der Waals surface area contributed by atoms with Gasteiger partial charge in [-0.3, -0.25) is 4.79 Å². The Morgan fingerprint density at radius 1 is 1.19 bits per heavy atom. The summed E-state index contributed by atoms with van der Waals surface area (Å²) in [5.41, 5.74) is 1.57. The molecule has 26 heavy (non-hydrogen) atoms. The number of thioether (sulfide) groups is 1. The molecule has 5 nitrogen and oxygen atoms in total. The minimum Gasteiger partial charge on any atom is -0.493 e. The van der Waals surface area contributed by atoms with E-state index >= 15 is 0 Å². The summed E-state index contributed by atoms with van der Waals surface area (Å²) >= 11 is 7.15. The maximum atomic E-state index is 12.2. The van der Waals surface area contributed by atoms with E-state index in [4.69, 9.17) is 21.1 Å². The van der Waals surface area contributed by atoms with Gasteiger partial charge in [0, 0.05) is 5.02 Å². The number of nitrogens with zero attached hydrogens (tertiary/aromatic N) is 1. The Balaban J connectivity index is 1.81. The molecule has 1 N–H and O–H groups in total. The van der Waals surface area contributed by atoms with Gasteiger partial charge in [-0.2, -0.15) is 0 Å². The van der Waals surface area contributed by atoms with Crippen LogP contribution in [0.5, 0.6) is 11.5 Å². The average molecular weight is 389 g/mol. The fourth-order valence-electron chi connectivity index (χ4n) is 2.31. The fraction of sp³-hybridized carbons (Fsp3) is 0.158. The lowest BCUT2D eigenvalue weighted by atomic mass is 10.2. The van der Waals surface area contributed by atoms with Crippen molar-refractivity contribution in [3.05, 3.63) is 58.0 Å². The minimum atomic E-state index is -0.185. The molecule has 0 spiro atoms. The van der Waals surface area contributed by atoms with Crippen molar-refractivity contribution in [1.82, 2.24) is 5.32 Å². The number of halogens is 1. The summed E-state index contributed by atoms with van der Waals surface area (Å²) < 4.78 is 10.9. The standard InChI is InChI=1S/C19H17ClN2O3S/c1-3-25-15-9-4-12(10-16(15)24-2)11-17-18(23)22-19(26-17)21-14-7-5-13(20)6-8-14/h4-11H,3H2,1-2H3,(H,21,22,23). The van der Waals surface area contributed by atoms with Gasteiger partial charge >= 0.3 is 0 Å². The zero-order valence-electron chi connectivity index (χ0n) is 14.3. The second-order valence-electron chi connectivity index (χ2n) is 5.30. The Labute approximate surface area is 161 Å². The van der Waals surface area contributed by atoms with Gasteiger partial charge in [0.1, 0.15) is 0 Å². The SMILES string of the molecule is CCOc1ccc(C=C2SC(=Nc3ccc(Cl)cc3)NC2=O)cc1OC. The first-order valence-electron chi connectivity index (χ1n) is 7.95. The molecule has 3 rings (SSSR count). The second kappa shape index (κ2) is 8.29. The summed E-state index contributed by atoms with van der Waals surface area (Å²) in [6.07, 6.45) is 1.79. The number of ether oxygens (including phenoxy) is 2. The smallest absolute Gasteiger partial charge is 0.264 e. The van der Waals surface area contributed by atoms with Crippen LogP contribution in [0.1, 0.15) is 12.5 Å². The summed E-state index contributed by atoms with van der Waals surface area (Å²) in [6, 6.07) is 12.6. The predicted molar refractivity (Wildman–Crippen MR) is 106 cm³/mol. The van der Waals surface area contributed by atoms with E-state index in [0.29, 0.717) is 33.2 Å². The highest BCUT2D eigenvalue weighted by atomic mass is 35.5. The van der Waals surface area contributed by atoms with E-state index in [-0.39, 0.29) is 5.91 Å². The largest absolute Gasteiger partial charge is 0.493 e. The lowest BCUT2D eigenvalue weighted by Gasteiger charge is -2.09. The summed E-state index contributed by atoms with van der Waals surface area (Å²) in [4.78, 5) is 17.2. The molecule has 7 heteroatoms. The van der Waals surface area contributed by atoms with Crippen molar-refractivity contribution < 1.29 is 14.3 Å². The van der Waals surface area contributed by atoms with Crippen LogP contribution in [0.25, 0.3) is 6.08 Å². The van der Waals surface area contributed by atoms with Crippen molar-refractivity contribution in [2.24, 2.45) is 4.99 Å². The minimum absolute atomic E-state index is 0.185. The van der Waals surface area contributed by atoms with Crippen LogP contribution in [0.4, 0.5) is 5.69 Å². The maximum Gasteiger partial charge on any atom is 0.264 e. The van der Waals surface area contributed by atoms with E-state index in [1.54, 1.807) is 37.5 Å². The molecule has 1 heterocycles. The molecule has 0 unspecified atom stereocenters. The molecular weight excluding hydrogens is 372 g/mol. The Hall–Kier alpha value is -2.44. The summed E-state index contributed by atoms with van der Waals surface area (Å²) in [5.74, 6) is 1.11. The van der Waals surface area contributed by atoms with E-state index in [0.717, 1.165) is 11.3 Å². The number of amides is 1. The molecule has 0 bridgehead atoms. The predicted octanol–water partition coefficient (Wildman–Crippen LogP) is 4.64. The summed E-state index contributed by atoms with van der Waals surface area (Å²) in [7, 11) is 1.59. The van der Waals surface area contributed by atoms with Crippen molar-refractivity contribution >= 4 is 46.2 Å². The number of hydrogen-bond acceptors (Lipinski definition) is 5. The van der Waals surface area contributed by atoms with Crippen LogP contribution < -0.4 is 14.8 Å². The first-order valence-corrected chi connectivity index (χ1v) is 9.14. The number of hydrogen-bond donors (Lipinski definition) is 1.